The van der Waals surface area contributed by atoms with E-state index in [0.717, 1.165) is 5.56 Å². The summed E-state index contributed by atoms with van der Waals surface area (Å²) in [6, 6.07) is 8.97. The fourth-order valence-electron chi connectivity index (χ4n) is 2.40. The maximum absolute atomic E-state index is 12.3. The van der Waals surface area contributed by atoms with Crippen LogP contribution in [0.1, 0.15) is 15.9 Å². The Balaban J connectivity index is 1.96. The Morgan fingerprint density at radius 1 is 1.39 bits per heavy atom. The topological polar surface area (TPSA) is 74.3 Å². The molecule has 0 spiro atoms. The number of rotatable bonds is 3. The first kappa shape index (κ1) is 15.3. The van der Waals surface area contributed by atoms with E-state index in [-0.39, 0.29) is 18.4 Å². The van der Waals surface area contributed by atoms with Gasteiger partial charge in [0.1, 0.15) is 0 Å². The van der Waals surface area contributed by atoms with E-state index in [0.29, 0.717) is 28.6 Å². The molecule has 2 amide bonds. The second kappa shape index (κ2) is 6.26. The highest BCUT2D eigenvalue weighted by Crippen LogP contribution is 2.30. The van der Waals surface area contributed by atoms with Gasteiger partial charge < -0.3 is 15.5 Å². The molecule has 0 unspecified atom stereocenters. The molecule has 7 heteroatoms. The van der Waals surface area contributed by atoms with Crippen molar-refractivity contribution in [3.05, 3.63) is 52.7 Å². The predicted molar refractivity (Wildman–Crippen MR) is 88.8 cm³/mol. The van der Waals surface area contributed by atoms with Crippen LogP contribution < -0.4 is 15.5 Å². The Bertz CT molecular complexity index is 761. The summed E-state index contributed by atoms with van der Waals surface area (Å²) in [4.78, 5) is 29.9. The van der Waals surface area contributed by atoms with Crippen LogP contribution in [0.3, 0.4) is 0 Å². The summed E-state index contributed by atoms with van der Waals surface area (Å²) in [6.45, 7) is 0.566. The lowest BCUT2D eigenvalue weighted by molar-refractivity contribution is -0.117. The number of carbonyl (C=O) groups is 2. The van der Waals surface area contributed by atoms with Crippen molar-refractivity contribution in [1.82, 2.24) is 10.3 Å². The minimum Gasteiger partial charge on any atom is -0.359 e. The molecule has 2 aromatic rings. The van der Waals surface area contributed by atoms with Crippen LogP contribution in [0.2, 0.25) is 5.02 Å². The molecule has 0 atom stereocenters. The van der Waals surface area contributed by atoms with E-state index < -0.39 is 0 Å². The number of halogens is 1. The molecule has 1 aliphatic rings. The number of aromatic nitrogens is 1. The number of amides is 2. The van der Waals surface area contributed by atoms with Crippen molar-refractivity contribution in [3.8, 4) is 0 Å². The third kappa shape index (κ3) is 3.12. The van der Waals surface area contributed by atoms with Gasteiger partial charge in [-0.1, -0.05) is 23.7 Å². The summed E-state index contributed by atoms with van der Waals surface area (Å²) >= 11 is 5.89. The van der Waals surface area contributed by atoms with Gasteiger partial charge in [0, 0.05) is 18.3 Å². The summed E-state index contributed by atoms with van der Waals surface area (Å²) < 4.78 is 0. The fraction of sp³-hybridized carbons (Fsp3) is 0.188. The van der Waals surface area contributed by atoms with E-state index in [4.69, 9.17) is 11.6 Å². The highest BCUT2D eigenvalue weighted by atomic mass is 35.5. The van der Waals surface area contributed by atoms with Gasteiger partial charge in [-0.25, -0.2) is 4.98 Å². The molecule has 6 nitrogen and oxygen atoms in total. The second-order valence-electron chi connectivity index (χ2n) is 5.13. The van der Waals surface area contributed by atoms with Crippen molar-refractivity contribution in [2.45, 2.75) is 6.54 Å². The van der Waals surface area contributed by atoms with Crippen molar-refractivity contribution < 1.29 is 9.59 Å². The van der Waals surface area contributed by atoms with Crippen LogP contribution in [-0.2, 0) is 11.3 Å². The maximum atomic E-state index is 12.3. The first-order valence-electron chi connectivity index (χ1n) is 7.09. The summed E-state index contributed by atoms with van der Waals surface area (Å²) in [7, 11) is 1.55. The number of carbonyl (C=O) groups excluding carboxylic acids is 2. The third-order valence-electron chi connectivity index (χ3n) is 3.61. The smallest absolute Gasteiger partial charge is 0.252 e. The Hall–Kier alpha value is -2.60. The average Bonchev–Trinajstić information content (AvgIpc) is 2.58. The molecule has 0 radical (unpaired) electrons. The Morgan fingerprint density at radius 3 is 2.83 bits per heavy atom. The largest absolute Gasteiger partial charge is 0.359 e. The van der Waals surface area contributed by atoms with E-state index in [1.165, 1.54) is 6.20 Å². The minimum absolute atomic E-state index is 0.0803. The van der Waals surface area contributed by atoms with Crippen LogP contribution in [0.5, 0.6) is 0 Å². The van der Waals surface area contributed by atoms with Crippen LogP contribution in [0.4, 0.5) is 11.5 Å². The van der Waals surface area contributed by atoms with Gasteiger partial charge in [0.15, 0.2) is 5.82 Å². The highest BCUT2D eigenvalue weighted by Gasteiger charge is 2.26. The SMILES string of the molecule is CNC(=O)c1cnc2c(c1)N(Cc1ccc(Cl)cc1)C(=O)CN2. The molecule has 0 aliphatic carbocycles. The minimum atomic E-state index is -0.246. The fourth-order valence-corrected chi connectivity index (χ4v) is 2.52. The van der Waals surface area contributed by atoms with Gasteiger partial charge in [-0.2, -0.15) is 0 Å². The zero-order chi connectivity index (χ0) is 16.4. The van der Waals surface area contributed by atoms with E-state index in [1.54, 1.807) is 30.1 Å². The molecule has 0 saturated carbocycles. The molecule has 2 heterocycles. The van der Waals surface area contributed by atoms with E-state index in [1.807, 2.05) is 12.1 Å². The molecule has 2 N–H and O–H groups in total. The number of benzene rings is 1. The molecule has 0 fully saturated rings. The summed E-state index contributed by atoms with van der Waals surface area (Å²) in [5, 5.41) is 6.16. The van der Waals surface area contributed by atoms with Gasteiger partial charge in [-0.15, -0.1) is 0 Å². The van der Waals surface area contributed by atoms with Crippen molar-refractivity contribution in [2.24, 2.45) is 0 Å². The van der Waals surface area contributed by atoms with Crippen molar-refractivity contribution in [3.63, 3.8) is 0 Å². The number of hydrogen-bond acceptors (Lipinski definition) is 4. The standard InChI is InChI=1S/C16H15ClN4O2/c1-18-16(23)11-6-13-15(19-7-11)20-8-14(22)21(13)9-10-2-4-12(17)5-3-10/h2-7H,8-9H2,1H3,(H,18,23)(H,19,20). The molecular formula is C16H15ClN4O2. The zero-order valence-corrected chi connectivity index (χ0v) is 13.2. The Morgan fingerprint density at radius 2 is 2.13 bits per heavy atom. The van der Waals surface area contributed by atoms with Gasteiger partial charge in [-0.3, -0.25) is 9.59 Å². The summed E-state index contributed by atoms with van der Waals surface area (Å²) in [5.74, 6) is 0.263. The van der Waals surface area contributed by atoms with Crippen LogP contribution in [0.15, 0.2) is 36.5 Å². The maximum Gasteiger partial charge on any atom is 0.252 e. The molecule has 0 bridgehead atoms. The van der Waals surface area contributed by atoms with Gasteiger partial charge in [0.05, 0.1) is 24.3 Å². The quantitative estimate of drug-likeness (QED) is 0.903. The van der Waals surface area contributed by atoms with Crippen LogP contribution in [0.25, 0.3) is 0 Å². The molecule has 3 rings (SSSR count). The van der Waals surface area contributed by atoms with Gasteiger partial charge in [0.2, 0.25) is 5.91 Å². The summed E-state index contributed by atoms with van der Waals surface area (Å²) in [5.41, 5.74) is 1.95. The predicted octanol–water partition coefficient (Wildman–Crippen LogP) is 2.05. The molecule has 0 saturated heterocycles. The lowest BCUT2D eigenvalue weighted by atomic mass is 10.1. The monoisotopic (exact) mass is 330 g/mol. The first-order valence-corrected chi connectivity index (χ1v) is 7.47. The normalized spacial score (nSPS) is 13.3. The number of pyridine rings is 1. The number of fused-ring (bicyclic) bond motifs is 1. The summed E-state index contributed by atoms with van der Waals surface area (Å²) in [6.07, 6.45) is 1.49. The van der Waals surface area contributed by atoms with Crippen molar-refractivity contribution >= 4 is 34.9 Å². The van der Waals surface area contributed by atoms with Crippen LogP contribution in [0, 0.1) is 0 Å². The van der Waals surface area contributed by atoms with E-state index in [2.05, 4.69) is 15.6 Å². The van der Waals surface area contributed by atoms with Gasteiger partial charge in [0.25, 0.3) is 5.91 Å². The molecule has 1 aromatic carbocycles. The van der Waals surface area contributed by atoms with E-state index in [9.17, 15) is 9.59 Å². The number of hydrogen-bond donors (Lipinski definition) is 2. The van der Waals surface area contributed by atoms with Crippen molar-refractivity contribution in [1.29, 1.82) is 0 Å². The zero-order valence-electron chi connectivity index (χ0n) is 12.5. The Kier molecular flexibility index (Phi) is 4.16. The average molecular weight is 331 g/mol. The lowest BCUT2D eigenvalue weighted by Gasteiger charge is -2.29. The molecular weight excluding hydrogens is 316 g/mol. The number of nitrogens with zero attached hydrogens (tertiary/aromatic N) is 2. The molecule has 1 aliphatic heterocycles. The Labute approximate surface area is 138 Å². The lowest BCUT2D eigenvalue weighted by Crippen LogP contribution is -2.40. The number of nitrogens with one attached hydrogen (secondary N) is 2. The van der Waals surface area contributed by atoms with Gasteiger partial charge in [-0.05, 0) is 23.8 Å². The first-order chi connectivity index (χ1) is 11.1. The van der Waals surface area contributed by atoms with Crippen molar-refractivity contribution in [2.75, 3.05) is 23.8 Å². The molecule has 23 heavy (non-hydrogen) atoms. The second-order valence-corrected chi connectivity index (χ2v) is 5.57. The van der Waals surface area contributed by atoms with Gasteiger partial charge >= 0.3 is 0 Å². The third-order valence-corrected chi connectivity index (χ3v) is 3.86. The van der Waals surface area contributed by atoms with Crippen LogP contribution >= 0.6 is 11.6 Å². The van der Waals surface area contributed by atoms with Crippen LogP contribution in [-0.4, -0.2) is 30.4 Å². The number of anilines is 2. The van der Waals surface area contributed by atoms with E-state index >= 15 is 0 Å². The highest BCUT2D eigenvalue weighted by molar-refractivity contribution is 6.30. The molecule has 1 aromatic heterocycles. The molecule has 118 valence electrons.